The second-order valence-corrected chi connectivity index (χ2v) is 6.42. The molecule has 0 radical (unpaired) electrons. The molecule has 4 rings (SSSR count). The van der Waals surface area contributed by atoms with E-state index in [1.807, 2.05) is 43.5 Å². The summed E-state index contributed by atoms with van der Waals surface area (Å²) in [6.07, 6.45) is 2.68. The van der Waals surface area contributed by atoms with Gasteiger partial charge in [-0.3, -0.25) is 4.79 Å². The van der Waals surface area contributed by atoms with Crippen LogP contribution in [-0.4, -0.2) is 44.8 Å². The van der Waals surface area contributed by atoms with Crippen LogP contribution in [0.25, 0.3) is 16.6 Å². The van der Waals surface area contributed by atoms with Gasteiger partial charge in [-0.15, -0.1) is 5.10 Å². The summed E-state index contributed by atoms with van der Waals surface area (Å²) >= 11 is 0. The van der Waals surface area contributed by atoms with E-state index in [0.717, 1.165) is 27.9 Å². The average molecular weight is 376 g/mol. The van der Waals surface area contributed by atoms with E-state index in [9.17, 15) is 4.79 Å². The van der Waals surface area contributed by atoms with Gasteiger partial charge in [0, 0.05) is 29.2 Å². The largest absolute Gasteiger partial charge is 0.497 e. The highest BCUT2D eigenvalue weighted by Gasteiger charge is 2.10. The number of amides is 1. The Hall–Kier alpha value is -3.68. The lowest BCUT2D eigenvalue weighted by atomic mass is 10.1. The van der Waals surface area contributed by atoms with E-state index in [1.165, 1.54) is 0 Å². The van der Waals surface area contributed by atoms with Gasteiger partial charge in [0.15, 0.2) is 5.82 Å². The Morgan fingerprint density at radius 1 is 1.25 bits per heavy atom. The Balaban J connectivity index is 1.43. The van der Waals surface area contributed by atoms with Crippen molar-refractivity contribution in [2.45, 2.75) is 13.3 Å². The predicted molar refractivity (Wildman–Crippen MR) is 105 cm³/mol. The van der Waals surface area contributed by atoms with Gasteiger partial charge in [-0.05, 0) is 65.7 Å². The van der Waals surface area contributed by atoms with Gasteiger partial charge < -0.3 is 15.0 Å². The normalized spacial score (nSPS) is 10.9. The molecule has 0 atom stereocenters. The lowest BCUT2D eigenvalue weighted by Gasteiger charge is -2.07. The Morgan fingerprint density at radius 2 is 2.14 bits per heavy atom. The summed E-state index contributed by atoms with van der Waals surface area (Å²) in [5.74, 6) is 1.34. The number of nitrogens with one attached hydrogen (secondary N) is 2. The predicted octanol–water partition coefficient (Wildman–Crippen LogP) is 2.43. The van der Waals surface area contributed by atoms with Crippen molar-refractivity contribution in [3.8, 4) is 11.4 Å². The van der Waals surface area contributed by atoms with Gasteiger partial charge in [-0.1, -0.05) is 6.07 Å². The summed E-state index contributed by atoms with van der Waals surface area (Å²) in [6, 6.07) is 13.1. The van der Waals surface area contributed by atoms with Crippen LogP contribution in [0.1, 0.15) is 21.7 Å². The standard InChI is InChI=1S/C20H20N6O2/c1-13-23-24-25-26(13)16-5-3-4-14(10-16)20(27)21-9-8-15-12-22-19-7-6-17(28-2)11-18(15)19/h3-7,10-12,22H,8-9H2,1-2H3,(H,21,27). The lowest BCUT2D eigenvalue weighted by Crippen LogP contribution is -2.25. The first kappa shape index (κ1) is 17.7. The number of benzene rings is 2. The molecule has 8 nitrogen and oxygen atoms in total. The minimum Gasteiger partial charge on any atom is -0.497 e. The third-order valence-electron chi connectivity index (χ3n) is 4.63. The summed E-state index contributed by atoms with van der Waals surface area (Å²) in [6.45, 7) is 2.33. The summed E-state index contributed by atoms with van der Waals surface area (Å²) in [5, 5.41) is 15.5. The van der Waals surface area contributed by atoms with E-state index >= 15 is 0 Å². The molecule has 4 aromatic rings. The quantitative estimate of drug-likeness (QED) is 0.539. The minimum absolute atomic E-state index is 0.134. The monoisotopic (exact) mass is 376 g/mol. The van der Waals surface area contributed by atoms with Gasteiger partial charge in [0.1, 0.15) is 5.75 Å². The zero-order valence-electron chi connectivity index (χ0n) is 15.6. The SMILES string of the molecule is COc1ccc2[nH]cc(CCNC(=O)c3cccc(-n4nnnc4C)c3)c2c1. The highest BCUT2D eigenvalue weighted by molar-refractivity contribution is 5.94. The van der Waals surface area contributed by atoms with Gasteiger partial charge in [0.05, 0.1) is 12.8 Å². The van der Waals surface area contributed by atoms with E-state index in [0.29, 0.717) is 24.4 Å². The first-order valence-corrected chi connectivity index (χ1v) is 8.93. The zero-order valence-corrected chi connectivity index (χ0v) is 15.6. The van der Waals surface area contributed by atoms with Crippen molar-refractivity contribution in [1.29, 1.82) is 0 Å². The number of fused-ring (bicyclic) bond motifs is 1. The maximum Gasteiger partial charge on any atom is 0.251 e. The number of aromatic amines is 1. The molecule has 2 aromatic heterocycles. The topological polar surface area (TPSA) is 97.7 Å². The highest BCUT2D eigenvalue weighted by atomic mass is 16.5. The number of rotatable bonds is 6. The number of carbonyl (C=O) groups excluding carboxylic acids is 1. The van der Waals surface area contributed by atoms with Gasteiger partial charge in [0.2, 0.25) is 0 Å². The van der Waals surface area contributed by atoms with Crippen molar-refractivity contribution >= 4 is 16.8 Å². The van der Waals surface area contributed by atoms with Crippen LogP contribution in [0.2, 0.25) is 0 Å². The number of hydrogen-bond donors (Lipinski definition) is 2. The Morgan fingerprint density at radius 3 is 2.93 bits per heavy atom. The van der Waals surface area contributed by atoms with E-state index in [-0.39, 0.29) is 5.91 Å². The fraction of sp³-hybridized carbons (Fsp3) is 0.200. The van der Waals surface area contributed by atoms with Crippen LogP contribution in [0.4, 0.5) is 0 Å². The number of aryl methyl sites for hydroxylation is 1. The molecule has 0 saturated carbocycles. The Kier molecular flexibility index (Phi) is 4.76. The maximum absolute atomic E-state index is 12.5. The number of tetrazole rings is 1. The molecule has 8 heteroatoms. The molecule has 2 aromatic carbocycles. The van der Waals surface area contributed by atoms with Crippen molar-refractivity contribution in [2.24, 2.45) is 0 Å². The van der Waals surface area contributed by atoms with Gasteiger partial charge in [0.25, 0.3) is 5.91 Å². The van der Waals surface area contributed by atoms with E-state index < -0.39 is 0 Å². The number of H-pyrrole nitrogens is 1. The number of methoxy groups -OCH3 is 1. The minimum atomic E-state index is -0.134. The van der Waals surface area contributed by atoms with Crippen LogP contribution < -0.4 is 10.1 Å². The van der Waals surface area contributed by atoms with Crippen molar-refractivity contribution in [2.75, 3.05) is 13.7 Å². The first-order chi connectivity index (χ1) is 13.7. The maximum atomic E-state index is 12.5. The molecule has 0 unspecified atom stereocenters. The van der Waals surface area contributed by atoms with E-state index in [1.54, 1.807) is 23.9 Å². The number of ether oxygens (including phenoxy) is 1. The fourth-order valence-corrected chi connectivity index (χ4v) is 3.15. The number of nitrogens with zero attached hydrogens (tertiary/aromatic N) is 4. The highest BCUT2D eigenvalue weighted by Crippen LogP contribution is 2.23. The van der Waals surface area contributed by atoms with E-state index in [4.69, 9.17) is 4.74 Å². The van der Waals surface area contributed by atoms with Crippen LogP contribution in [0.5, 0.6) is 5.75 Å². The molecule has 1 amide bonds. The zero-order chi connectivity index (χ0) is 19.5. The third kappa shape index (κ3) is 3.44. The van der Waals surface area contributed by atoms with Crippen molar-refractivity contribution in [3.05, 3.63) is 65.6 Å². The molecule has 142 valence electrons. The Bertz CT molecular complexity index is 1130. The summed E-state index contributed by atoms with van der Waals surface area (Å²) in [7, 11) is 1.65. The number of aromatic nitrogens is 5. The number of hydrogen-bond acceptors (Lipinski definition) is 5. The molecule has 0 saturated heterocycles. The van der Waals surface area contributed by atoms with Gasteiger partial charge in [-0.25, -0.2) is 0 Å². The second kappa shape index (κ2) is 7.51. The third-order valence-corrected chi connectivity index (χ3v) is 4.63. The smallest absolute Gasteiger partial charge is 0.251 e. The van der Waals surface area contributed by atoms with Gasteiger partial charge in [-0.2, -0.15) is 4.68 Å². The van der Waals surface area contributed by atoms with Crippen molar-refractivity contribution < 1.29 is 9.53 Å². The van der Waals surface area contributed by atoms with Crippen LogP contribution in [0, 0.1) is 6.92 Å². The molecule has 0 bridgehead atoms. The summed E-state index contributed by atoms with van der Waals surface area (Å²) in [4.78, 5) is 15.8. The first-order valence-electron chi connectivity index (χ1n) is 8.93. The molecule has 0 aliphatic carbocycles. The molecular formula is C20H20N6O2. The van der Waals surface area contributed by atoms with Crippen molar-refractivity contribution in [3.63, 3.8) is 0 Å². The van der Waals surface area contributed by atoms with Crippen LogP contribution in [-0.2, 0) is 6.42 Å². The van der Waals surface area contributed by atoms with Gasteiger partial charge >= 0.3 is 0 Å². The molecule has 2 heterocycles. The fourth-order valence-electron chi connectivity index (χ4n) is 3.15. The summed E-state index contributed by atoms with van der Waals surface area (Å²) in [5.41, 5.74) is 3.49. The second-order valence-electron chi connectivity index (χ2n) is 6.42. The van der Waals surface area contributed by atoms with Crippen LogP contribution >= 0.6 is 0 Å². The van der Waals surface area contributed by atoms with Crippen LogP contribution in [0.3, 0.4) is 0 Å². The number of carbonyl (C=O) groups is 1. The Labute approximate surface area is 161 Å². The molecule has 28 heavy (non-hydrogen) atoms. The molecular weight excluding hydrogens is 356 g/mol. The lowest BCUT2D eigenvalue weighted by molar-refractivity contribution is 0.0954. The molecule has 2 N–H and O–H groups in total. The molecule has 0 fully saturated rings. The van der Waals surface area contributed by atoms with Crippen molar-refractivity contribution in [1.82, 2.24) is 30.5 Å². The molecule has 0 aliphatic rings. The summed E-state index contributed by atoms with van der Waals surface area (Å²) < 4.78 is 6.89. The molecule has 0 aliphatic heterocycles. The molecule has 0 spiro atoms. The van der Waals surface area contributed by atoms with E-state index in [2.05, 4.69) is 25.8 Å². The van der Waals surface area contributed by atoms with Crippen LogP contribution in [0.15, 0.2) is 48.7 Å². The average Bonchev–Trinajstić information content (AvgIpc) is 3.33.